The molecule has 18 unspecified atom stereocenters. The molecular formula is C86H152N2O2. The first kappa shape index (κ1) is 69.7. The van der Waals surface area contributed by atoms with E-state index in [1.165, 1.54) is 231 Å². The molecule has 12 saturated carbocycles. The Morgan fingerprint density at radius 1 is 0.289 bits per heavy atom. The van der Waals surface area contributed by atoms with Crippen LogP contribution in [0.25, 0.3) is 0 Å². The normalized spacial score (nSPS) is 44.4. The zero-order valence-corrected chi connectivity index (χ0v) is 61.7. The van der Waals surface area contributed by atoms with Crippen LogP contribution in [-0.4, -0.2) is 71.5 Å². The quantitative estimate of drug-likeness (QED) is 0.0900. The standard InChI is InChI=1S/C86H152N2O2/c1-11-13-15-17-19-21-51-89-73-45-31-61-53-65(29-27-63(61)55-73)79-57-81(87(69-37-23-59(3)24-38-69)71-41-33-67(34-42-71)85(5,6)7)77-50-48-76-80(66-30-28-64-56-74(46-32-62(64)54-66)90-52-22-20-18-16-14-12-2)58-82(78-49-47-75(79)83(77)84(76)78)88(70-39-25-60(4)26-40-70)72-43-35-68(36-44-72)86(8,9)10/h59-84H,11-58H2,1-10H3. The van der Waals surface area contributed by atoms with E-state index >= 15 is 0 Å². The van der Waals surface area contributed by atoms with E-state index in [1.54, 1.807) is 64.2 Å². The van der Waals surface area contributed by atoms with Crippen LogP contribution in [0.5, 0.6) is 0 Å². The first-order valence-electron chi connectivity index (χ1n) is 42.4. The maximum absolute atomic E-state index is 6.84. The maximum Gasteiger partial charge on any atom is 0.0578 e. The summed E-state index contributed by atoms with van der Waals surface area (Å²) in [4.78, 5) is 7.16. The predicted octanol–water partition coefficient (Wildman–Crippen LogP) is 23.9. The summed E-state index contributed by atoms with van der Waals surface area (Å²) in [5.41, 5.74) is 0.882. The summed E-state index contributed by atoms with van der Waals surface area (Å²) in [5.74, 6) is 17.1. The van der Waals surface area contributed by atoms with Crippen molar-refractivity contribution in [2.24, 2.45) is 117 Å². The van der Waals surface area contributed by atoms with Crippen LogP contribution in [0.1, 0.15) is 365 Å². The smallest absolute Gasteiger partial charge is 0.0578 e. The minimum Gasteiger partial charge on any atom is -0.378 e. The van der Waals surface area contributed by atoms with Crippen LogP contribution in [0.3, 0.4) is 0 Å². The summed E-state index contributed by atoms with van der Waals surface area (Å²) in [5, 5.41) is 0. The number of rotatable bonds is 24. The molecule has 0 aromatic carbocycles. The van der Waals surface area contributed by atoms with Crippen LogP contribution in [0.4, 0.5) is 0 Å². The molecule has 12 aliphatic rings. The lowest BCUT2D eigenvalue weighted by Gasteiger charge is -2.68. The van der Waals surface area contributed by atoms with E-state index in [9.17, 15) is 0 Å². The van der Waals surface area contributed by atoms with Crippen LogP contribution in [0.15, 0.2) is 0 Å². The number of nitrogens with zero attached hydrogens (tertiary/aromatic N) is 2. The van der Waals surface area contributed by atoms with Crippen molar-refractivity contribution >= 4 is 0 Å². The molecule has 18 atom stereocenters. The van der Waals surface area contributed by atoms with E-state index in [-0.39, 0.29) is 0 Å². The molecule has 0 aliphatic heterocycles. The van der Waals surface area contributed by atoms with Gasteiger partial charge in [-0.25, -0.2) is 0 Å². The largest absolute Gasteiger partial charge is 0.378 e. The van der Waals surface area contributed by atoms with Crippen LogP contribution >= 0.6 is 0 Å². The number of fused-ring (bicyclic) bond motifs is 2. The SMILES string of the molecule is CCCCCCCCOC1CCC2CC(C3CC(N(C4CCC(C)CC4)C4CCC(C(C)(C)C)CC4)C4CCC5C(C6CCC7CC(OCCCCCCCC)CCC7C6)CC(N(C6CCC(C)CC6)C6CCC(C(C)(C)C)CC6)C6CCC3C4C56)CCC2C1. The van der Waals surface area contributed by atoms with Crippen LogP contribution in [0, 0.1) is 117 Å². The molecule has 0 aromatic rings. The highest BCUT2D eigenvalue weighted by molar-refractivity contribution is 5.15. The Hall–Kier alpha value is -0.160. The minimum absolute atomic E-state index is 0.441. The molecule has 4 heteroatoms. The van der Waals surface area contributed by atoms with E-state index in [2.05, 4.69) is 79.0 Å². The number of hydrogen-bond donors (Lipinski definition) is 0. The van der Waals surface area contributed by atoms with Crippen molar-refractivity contribution in [3.8, 4) is 0 Å². The van der Waals surface area contributed by atoms with Crippen LogP contribution < -0.4 is 0 Å². The average molecular weight is 1250 g/mol. The Labute approximate surface area is 559 Å². The summed E-state index contributed by atoms with van der Waals surface area (Å²) < 4.78 is 13.7. The monoisotopic (exact) mass is 1250 g/mol. The second-order valence-corrected chi connectivity index (χ2v) is 38.7. The fourth-order valence-electron chi connectivity index (χ4n) is 26.6. The number of unbranched alkanes of at least 4 members (excludes halogenated alkanes) is 10. The van der Waals surface area contributed by atoms with E-state index in [4.69, 9.17) is 9.47 Å². The minimum atomic E-state index is 0.441. The van der Waals surface area contributed by atoms with Gasteiger partial charge in [0.1, 0.15) is 0 Å². The summed E-state index contributed by atoms with van der Waals surface area (Å²) in [6.45, 7) is 27.5. The van der Waals surface area contributed by atoms with Crippen molar-refractivity contribution in [1.29, 1.82) is 0 Å². The number of ether oxygens (including phenoxy) is 2. The summed E-state index contributed by atoms with van der Waals surface area (Å²) in [7, 11) is 0. The van der Waals surface area contributed by atoms with Crippen molar-refractivity contribution < 1.29 is 9.47 Å². The Balaban J connectivity index is 0.860. The van der Waals surface area contributed by atoms with Gasteiger partial charge in [-0.05, 0) is 349 Å². The van der Waals surface area contributed by atoms with Gasteiger partial charge >= 0.3 is 0 Å². The molecule has 12 rings (SSSR count). The Bertz CT molecular complexity index is 1930. The van der Waals surface area contributed by atoms with Gasteiger partial charge in [-0.2, -0.15) is 0 Å². The fraction of sp³-hybridized carbons (Fsp3) is 1.00. The molecule has 0 spiro atoms. The van der Waals surface area contributed by atoms with Gasteiger partial charge in [0.25, 0.3) is 0 Å². The Morgan fingerprint density at radius 3 is 0.967 bits per heavy atom. The summed E-state index contributed by atoms with van der Waals surface area (Å²) in [6.07, 6.45) is 68.8. The molecule has 518 valence electrons. The van der Waals surface area contributed by atoms with E-state index in [1.807, 2.05) is 0 Å². The molecule has 0 bridgehead atoms. The Morgan fingerprint density at radius 2 is 0.600 bits per heavy atom. The Kier molecular flexibility index (Phi) is 25.0. The molecular weight excluding hydrogens is 1090 g/mol. The van der Waals surface area contributed by atoms with Crippen molar-refractivity contribution in [3.63, 3.8) is 0 Å². The third-order valence-electron chi connectivity index (χ3n) is 31.6. The van der Waals surface area contributed by atoms with Crippen molar-refractivity contribution in [3.05, 3.63) is 0 Å². The molecule has 0 saturated heterocycles. The molecule has 0 N–H and O–H groups in total. The predicted molar refractivity (Wildman–Crippen MR) is 383 cm³/mol. The third-order valence-corrected chi connectivity index (χ3v) is 31.6. The van der Waals surface area contributed by atoms with Crippen molar-refractivity contribution in [1.82, 2.24) is 9.80 Å². The highest BCUT2D eigenvalue weighted by atomic mass is 16.5. The second-order valence-electron chi connectivity index (χ2n) is 38.7. The average Bonchev–Trinajstić information content (AvgIpc) is 0.706. The van der Waals surface area contributed by atoms with Gasteiger partial charge in [-0.1, -0.05) is 133 Å². The lowest BCUT2D eigenvalue weighted by atomic mass is 9.41. The first-order valence-corrected chi connectivity index (χ1v) is 42.4. The summed E-state index contributed by atoms with van der Waals surface area (Å²) >= 11 is 0. The van der Waals surface area contributed by atoms with Gasteiger partial charge < -0.3 is 9.47 Å². The zero-order valence-electron chi connectivity index (χ0n) is 61.7. The second kappa shape index (κ2) is 32.2. The highest BCUT2D eigenvalue weighted by Gasteiger charge is 2.64. The fourth-order valence-corrected chi connectivity index (χ4v) is 26.6. The van der Waals surface area contributed by atoms with Gasteiger partial charge in [-0.3, -0.25) is 9.80 Å². The van der Waals surface area contributed by atoms with Crippen molar-refractivity contribution in [2.75, 3.05) is 13.2 Å². The molecule has 12 aliphatic carbocycles. The van der Waals surface area contributed by atoms with E-state index in [0.717, 1.165) is 156 Å². The molecule has 4 nitrogen and oxygen atoms in total. The number of hydrogen-bond acceptors (Lipinski definition) is 4. The lowest BCUT2D eigenvalue weighted by Crippen LogP contribution is -2.67. The van der Waals surface area contributed by atoms with Gasteiger partial charge in [0, 0.05) is 49.5 Å². The third kappa shape index (κ3) is 16.6. The van der Waals surface area contributed by atoms with Gasteiger partial charge in [-0.15, -0.1) is 0 Å². The highest BCUT2D eigenvalue weighted by Crippen LogP contribution is 2.68. The molecule has 90 heavy (non-hydrogen) atoms. The molecule has 0 aromatic heterocycles. The van der Waals surface area contributed by atoms with E-state index in [0.29, 0.717) is 23.0 Å². The van der Waals surface area contributed by atoms with Gasteiger partial charge in [0.15, 0.2) is 0 Å². The molecule has 0 radical (unpaired) electrons. The van der Waals surface area contributed by atoms with Crippen molar-refractivity contribution in [2.45, 2.75) is 413 Å². The lowest BCUT2D eigenvalue weighted by molar-refractivity contribution is -0.192. The molecule has 12 fully saturated rings. The summed E-state index contributed by atoms with van der Waals surface area (Å²) in [6, 6.07) is 5.01. The van der Waals surface area contributed by atoms with Crippen LogP contribution in [-0.2, 0) is 9.47 Å². The first-order chi connectivity index (χ1) is 43.6. The maximum atomic E-state index is 6.84. The topological polar surface area (TPSA) is 24.9 Å². The molecule has 0 amide bonds. The van der Waals surface area contributed by atoms with Gasteiger partial charge in [0.05, 0.1) is 12.2 Å². The van der Waals surface area contributed by atoms with Crippen LogP contribution in [0.2, 0.25) is 0 Å². The van der Waals surface area contributed by atoms with Gasteiger partial charge in [0.2, 0.25) is 0 Å². The zero-order chi connectivity index (χ0) is 62.5. The van der Waals surface area contributed by atoms with E-state index < -0.39 is 0 Å². The molecule has 0 heterocycles.